The summed E-state index contributed by atoms with van der Waals surface area (Å²) in [6, 6.07) is 11.2. The third kappa shape index (κ3) is 4.35. The Morgan fingerprint density at radius 2 is 1.77 bits per heavy atom. The topological polar surface area (TPSA) is 75.7 Å². The molecule has 2 aromatic rings. The van der Waals surface area contributed by atoms with Crippen LogP contribution in [-0.2, 0) is 10.0 Å². The summed E-state index contributed by atoms with van der Waals surface area (Å²) in [5, 5.41) is 3.46. The van der Waals surface area contributed by atoms with Gasteiger partial charge in [-0.05, 0) is 42.8 Å². The van der Waals surface area contributed by atoms with Gasteiger partial charge in [0.15, 0.2) is 0 Å². The minimum absolute atomic E-state index is 0.0585. The molecule has 0 unspecified atom stereocenters. The Morgan fingerprint density at radius 3 is 2.31 bits per heavy atom. The number of halogens is 1. The van der Waals surface area contributed by atoms with Crippen LogP contribution in [0.4, 0.5) is 0 Å². The van der Waals surface area contributed by atoms with Gasteiger partial charge >= 0.3 is 0 Å². The Labute approximate surface area is 158 Å². The van der Waals surface area contributed by atoms with Crippen molar-refractivity contribution in [3.8, 4) is 5.75 Å². The maximum Gasteiger partial charge on any atom is 0.251 e. The molecule has 1 N–H and O–H groups in total. The molecule has 1 amide bonds. The largest absolute Gasteiger partial charge is 0.495 e. The van der Waals surface area contributed by atoms with Crippen molar-refractivity contribution in [2.45, 2.75) is 17.9 Å². The van der Waals surface area contributed by atoms with Crippen LogP contribution < -0.4 is 10.1 Å². The van der Waals surface area contributed by atoms with Crippen LogP contribution in [0.1, 0.15) is 28.9 Å². The number of hydrogen-bond donors (Lipinski definition) is 1. The lowest BCUT2D eigenvalue weighted by molar-refractivity contribution is 0.0939. The van der Waals surface area contributed by atoms with E-state index in [4.69, 9.17) is 16.3 Å². The maximum absolute atomic E-state index is 12.6. The van der Waals surface area contributed by atoms with E-state index in [-0.39, 0.29) is 28.2 Å². The van der Waals surface area contributed by atoms with Crippen LogP contribution in [0.5, 0.6) is 5.75 Å². The van der Waals surface area contributed by atoms with E-state index in [1.165, 1.54) is 39.4 Å². The highest BCUT2D eigenvalue weighted by Crippen LogP contribution is 2.27. The number of methoxy groups -OCH3 is 1. The molecule has 0 aliphatic rings. The van der Waals surface area contributed by atoms with Crippen molar-refractivity contribution in [2.75, 3.05) is 21.2 Å². The first kappa shape index (κ1) is 20.2. The number of ether oxygens (including phenoxy) is 1. The van der Waals surface area contributed by atoms with Crippen molar-refractivity contribution in [1.29, 1.82) is 0 Å². The summed E-state index contributed by atoms with van der Waals surface area (Å²) in [7, 11) is 0.475. The number of carbonyl (C=O) groups is 1. The Kier molecular flexibility index (Phi) is 6.28. The number of rotatable bonds is 6. The molecule has 1 atom stereocenters. The second-order valence-electron chi connectivity index (χ2n) is 5.90. The molecule has 0 spiro atoms. The second-order valence-corrected chi connectivity index (χ2v) is 8.46. The highest BCUT2D eigenvalue weighted by Gasteiger charge is 2.24. The van der Waals surface area contributed by atoms with Crippen LogP contribution in [0.25, 0.3) is 0 Å². The molecule has 0 fully saturated rings. The van der Waals surface area contributed by atoms with Crippen molar-refractivity contribution in [2.24, 2.45) is 0 Å². The van der Waals surface area contributed by atoms with E-state index in [0.717, 1.165) is 9.87 Å². The van der Waals surface area contributed by atoms with Gasteiger partial charge < -0.3 is 10.1 Å². The van der Waals surface area contributed by atoms with Crippen molar-refractivity contribution in [1.82, 2.24) is 9.62 Å². The van der Waals surface area contributed by atoms with E-state index in [2.05, 4.69) is 5.32 Å². The van der Waals surface area contributed by atoms with Crippen LogP contribution in [0.15, 0.2) is 47.4 Å². The Balaban J connectivity index is 2.30. The fourth-order valence-corrected chi connectivity index (χ4v) is 3.53. The van der Waals surface area contributed by atoms with Gasteiger partial charge in [0.1, 0.15) is 10.6 Å². The summed E-state index contributed by atoms with van der Waals surface area (Å²) >= 11 is 5.87. The molecule has 26 heavy (non-hydrogen) atoms. The zero-order valence-corrected chi connectivity index (χ0v) is 16.6. The SMILES string of the molecule is COc1ccc(C(=O)N[C@@H](C)c2ccc(Cl)cc2)cc1S(=O)(=O)N(C)C. The lowest BCUT2D eigenvalue weighted by atomic mass is 10.1. The van der Waals surface area contributed by atoms with Crippen molar-refractivity contribution >= 4 is 27.5 Å². The zero-order chi connectivity index (χ0) is 19.5. The second kappa shape index (κ2) is 8.07. The average molecular weight is 397 g/mol. The number of sulfonamides is 1. The third-order valence-electron chi connectivity index (χ3n) is 3.90. The lowest BCUT2D eigenvalue weighted by Crippen LogP contribution is -2.27. The normalized spacial score (nSPS) is 12.7. The summed E-state index contributed by atoms with van der Waals surface area (Å²) < 4.78 is 31.1. The van der Waals surface area contributed by atoms with Gasteiger partial charge in [0.2, 0.25) is 10.0 Å². The Hall–Kier alpha value is -2.09. The minimum Gasteiger partial charge on any atom is -0.495 e. The van der Waals surface area contributed by atoms with E-state index in [0.29, 0.717) is 5.02 Å². The average Bonchev–Trinajstić information content (AvgIpc) is 2.61. The maximum atomic E-state index is 12.6. The van der Waals surface area contributed by atoms with E-state index < -0.39 is 10.0 Å². The van der Waals surface area contributed by atoms with Crippen LogP contribution in [0.3, 0.4) is 0 Å². The van der Waals surface area contributed by atoms with E-state index in [1.807, 2.05) is 19.1 Å². The molecule has 140 valence electrons. The summed E-state index contributed by atoms with van der Waals surface area (Å²) in [5.41, 5.74) is 1.12. The summed E-state index contributed by atoms with van der Waals surface area (Å²) in [4.78, 5) is 12.5. The Morgan fingerprint density at radius 1 is 1.15 bits per heavy atom. The number of benzene rings is 2. The van der Waals surface area contributed by atoms with Gasteiger partial charge in [0, 0.05) is 24.7 Å². The predicted molar refractivity (Wildman–Crippen MR) is 101 cm³/mol. The molecule has 2 aromatic carbocycles. The lowest BCUT2D eigenvalue weighted by Gasteiger charge is -2.17. The minimum atomic E-state index is -3.75. The molecular weight excluding hydrogens is 376 g/mol. The van der Waals surface area contributed by atoms with E-state index in [1.54, 1.807) is 12.1 Å². The summed E-state index contributed by atoms with van der Waals surface area (Å²) in [6.45, 7) is 1.84. The number of nitrogens with zero attached hydrogens (tertiary/aromatic N) is 1. The molecule has 0 radical (unpaired) electrons. The van der Waals surface area contributed by atoms with Crippen molar-refractivity contribution < 1.29 is 17.9 Å². The molecule has 0 saturated carbocycles. The van der Waals surface area contributed by atoms with Gasteiger partial charge in [0.05, 0.1) is 13.2 Å². The van der Waals surface area contributed by atoms with Gasteiger partial charge in [-0.2, -0.15) is 0 Å². The fraction of sp³-hybridized carbons (Fsp3) is 0.278. The smallest absolute Gasteiger partial charge is 0.251 e. The monoisotopic (exact) mass is 396 g/mol. The zero-order valence-electron chi connectivity index (χ0n) is 15.0. The number of nitrogens with one attached hydrogen (secondary N) is 1. The molecule has 0 saturated heterocycles. The standard InChI is InChI=1S/C18H21ClN2O4S/c1-12(13-5-8-15(19)9-6-13)20-18(22)14-7-10-16(25-4)17(11-14)26(23,24)21(2)3/h5-12H,1-4H3,(H,20,22)/t12-/m0/s1. The first-order valence-electron chi connectivity index (χ1n) is 7.83. The van der Waals surface area contributed by atoms with Crippen LogP contribution in [0, 0.1) is 0 Å². The van der Waals surface area contributed by atoms with Crippen molar-refractivity contribution in [3.63, 3.8) is 0 Å². The number of hydrogen-bond acceptors (Lipinski definition) is 4. The molecule has 0 aromatic heterocycles. The van der Waals surface area contributed by atoms with E-state index >= 15 is 0 Å². The van der Waals surface area contributed by atoms with Gasteiger partial charge in [-0.15, -0.1) is 0 Å². The van der Waals surface area contributed by atoms with E-state index in [9.17, 15) is 13.2 Å². The number of amides is 1. The van der Waals surface area contributed by atoms with Gasteiger partial charge in [-0.25, -0.2) is 12.7 Å². The third-order valence-corrected chi connectivity index (χ3v) is 5.99. The highest BCUT2D eigenvalue weighted by atomic mass is 35.5. The van der Waals surface area contributed by atoms with Crippen LogP contribution >= 0.6 is 11.6 Å². The molecule has 2 rings (SSSR count). The summed E-state index contributed by atoms with van der Waals surface area (Å²) in [5.74, 6) is -0.202. The highest BCUT2D eigenvalue weighted by molar-refractivity contribution is 7.89. The number of carbonyl (C=O) groups excluding carboxylic acids is 1. The first-order chi connectivity index (χ1) is 12.2. The summed E-state index contributed by atoms with van der Waals surface area (Å²) in [6.07, 6.45) is 0. The molecule has 8 heteroatoms. The molecular formula is C18H21ClN2O4S. The molecule has 0 heterocycles. The molecule has 0 aliphatic carbocycles. The molecule has 6 nitrogen and oxygen atoms in total. The van der Waals surface area contributed by atoms with Crippen molar-refractivity contribution in [3.05, 3.63) is 58.6 Å². The quantitative estimate of drug-likeness (QED) is 0.814. The van der Waals surface area contributed by atoms with Crippen LogP contribution in [-0.4, -0.2) is 39.8 Å². The van der Waals surface area contributed by atoms with Gasteiger partial charge in [0.25, 0.3) is 5.91 Å². The van der Waals surface area contributed by atoms with Gasteiger partial charge in [-0.1, -0.05) is 23.7 Å². The first-order valence-corrected chi connectivity index (χ1v) is 9.65. The predicted octanol–water partition coefficient (Wildman–Crippen LogP) is 3.09. The fourth-order valence-electron chi connectivity index (χ4n) is 2.33. The molecule has 0 aliphatic heterocycles. The Bertz CT molecular complexity index is 896. The molecule has 0 bridgehead atoms. The van der Waals surface area contributed by atoms with Crippen LogP contribution in [0.2, 0.25) is 5.02 Å². The van der Waals surface area contributed by atoms with Gasteiger partial charge in [-0.3, -0.25) is 4.79 Å².